The first kappa shape index (κ1) is 10.5. The molecule has 0 aliphatic carbocycles. The van der Waals surface area contributed by atoms with Crippen LogP contribution in [0.15, 0.2) is 0 Å². The molecule has 11 heavy (non-hydrogen) atoms. The number of carbonyl (C=O) groups is 1. The predicted octanol–water partition coefficient (Wildman–Crippen LogP) is 1.90. The highest BCUT2D eigenvalue weighted by atomic mass is 16.2. The Bertz CT molecular complexity index is 121. The molecule has 66 valence electrons. The Morgan fingerprint density at radius 2 is 2.00 bits per heavy atom. The summed E-state index contributed by atoms with van der Waals surface area (Å²) in [6.07, 6.45) is 1.10. The van der Waals surface area contributed by atoms with Crippen molar-refractivity contribution in [2.75, 3.05) is 13.1 Å². The van der Waals surface area contributed by atoms with Crippen LogP contribution < -0.4 is 0 Å². The third-order valence-electron chi connectivity index (χ3n) is 1.80. The van der Waals surface area contributed by atoms with Crippen molar-refractivity contribution in [3.63, 3.8) is 0 Å². The second-order valence-corrected chi connectivity index (χ2v) is 3.28. The van der Waals surface area contributed by atoms with Gasteiger partial charge in [-0.05, 0) is 19.3 Å². The van der Waals surface area contributed by atoms with Gasteiger partial charge in [-0.2, -0.15) is 0 Å². The first-order chi connectivity index (χ1) is 5.07. The number of nitrogens with zero attached hydrogens (tertiary/aromatic N) is 1. The van der Waals surface area contributed by atoms with Gasteiger partial charge in [-0.1, -0.05) is 13.8 Å². The van der Waals surface area contributed by atoms with Gasteiger partial charge in [0, 0.05) is 20.0 Å². The van der Waals surface area contributed by atoms with Crippen LogP contribution in [-0.4, -0.2) is 23.9 Å². The van der Waals surface area contributed by atoms with Crippen molar-refractivity contribution in [3.05, 3.63) is 0 Å². The van der Waals surface area contributed by atoms with Gasteiger partial charge >= 0.3 is 0 Å². The average Bonchev–Trinajstić information content (AvgIpc) is 1.87. The van der Waals surface area contributed by atoms with E-state index in [0.29, 0.717) is 5.92 Å². The Kier molecular flexibility index (Phi) is 4.92. The maximum Gasteiger partial charge on any atom is 0.219 e. The molecular weight excluding hydrogens is 138 g/mol. The van der Waals surface area contributed by atoms with E-state index in [9.17, 15) is 4.79 Å². The molecule has 0 radical (unpaired) electrons. The third-order valence-corrected chi connectivity index (χ3v) is 1.80. The topological polar surface area (TPSA) is 20.3 Å². The van der Waals surface area contributed by atoms with E-state index in [1.807, 2.05) is 11.8 Å². The summed E-state index contributed by atoms with van der Waals surface area (Å²) in [5.74, 6) is 0.872. The monoisotopic (exact) mass is 157 g/mol. The smallest absolute Gasteiger partial charge is 0.219 e. The zero-order chi connectivity index (χ0) is 8.85. The van der Waals surface area contributed by atoms with Gasteiger partial charge in [0.25, 0.3) is 0 Å². The molecule has 0 saturated heterocycles. The summed E-state index contributed by atoms with van der Waals surface area (Å²) in [5.41, 5.74) is 0. The molecule has 2 heteroatoms. The summed E-state index contributed by atoms with van der Waals surface area (Å²) in [4.78, 5) is 12.8. The molecule has 0 saturated carbocycles. The first-order valence-corrected chi connectivity index (χ1v) is 4.33. The van der Waals surface area contributed by atoms with Gasteiger partial charge in [-0.25, -0.2) is 0 Å². The lowest BCUT2D eigenvalue weighted by Gasteiger charge is -2.19. The molecule has 0 aliphatic rings. The number of carbonyl (C=O) groups excluding carboxylic acids is 1. The van der Waals surface area contributed by atoms with Crippen LogP contribution in [-0.2, 0) is 4.79 Å². The highest BCUT2D eigenvalue weighted by molar-refractivity contribution is 5.73. The van der Waals surface area contributed by atoms with Crippen molar-refractivity contribution in [2.45, 2.75) is 34.1 Å². The fourth-order valence-electron chi connectivity index (χ4n) is 0.952. The van der Waals surface area contributed by atoms with Crippen molar-refractivity contribution < 1.29 is 4.79 Å². The van der Waals surface area contributed by atoms with Gasteiger partial charge in [0.1, 0.15) is 0 Å². The Hall–Kier alpha value is -0.530. The van der Waals surface area contributed by atoms with Crippen LogP contribution in [0.5, 0.6) is 0 Å². The average molecular weight is 157 g/mol. The summed E-state index contributed by atoms with van der Waals surface area (Å²) in [6, 6.07) is 0. The molecule has 0 atom stereocenters. The number of hydrogen-bond acceptors (Lipinski definition) is 1. The molecule has 0 spiro atoms. The fraction of sp³-hybridized carbons (Fsp3) is 0.889. The maximum absolute atomic E-state index is 10.9. The third kappa shape index (κ3) is 4.82. The van der Waals surface area contributed by atoms with Crippen LogP contribution in [0.25, 0.3) is 0 Å². The van der Waals surface area contributed by atoms with Crippen LogP contribution in [0.3, 0.4) is 0 Å². The summed E-state index contributed by atoms with van der Waals surface area (Å²) >= 11 is 0. The molecule has 0 aromatic carbocycles. The molecule has 0 rings (SSSR count). The lowest BCUT2D eigenvalue weighted by atomic mass is 10.1. The van der Waals surface area contributed by atoms with E-state index >= 15 is 0 Å². The molecule has 0 fully saturated rings. The highest BCUT2D eigenvalue weighted by Gasteiger charge is 2.05. The van der Waals surface area contributed by atoms with Gasteiger partial charge < -0.3 is 4.90 Å². The second-order valence-electron chi connectivity index (χ2n) is 3.28. The molecule has 0 unspecified atom stereocenters. The SMILES string of the molecule is CCN(CCC(C)C)C(C)=O. The van der Waals surface area contributed by atoms with Gasteiger partial charge in [0.2, 0.25) is 5.91 Å². The van der Waals surface area contributed by atoms with Crippen LogP contribution >= 0.6 is 0 Å². The van der Waals surface area contributed by atoms with Crippen molar-refractivity contribution in [1.82, 2.24) is 4.90 Å². The van der Waals surface area contributed by atoms with E-state index in [2.05, 4.69) is 13.8 Å². The van der Waals surface area contributed by atoms with Gasteiger partial charge in [0.05, 0.1) is 0 Å². The minimum atomic E-state index is 0.188. The van der Waals surface area contributed by atoms with Crippen molar-refractivity contribution in [1.29, 1.82) is 0 Å². The number of amides is 1. The molecule has 0 N–H and O–H groups in total. The van der Waals surface area contributed by atoms with E-state index in [4.69, 9.17) is 0 Å². The molecule has 1 amide bonds. The molecule has 0 aromatic heterocycles. The quantitative estimate of drug-likeness (QED) is 0.610. The lowest BCUT2D eigenvalue weighted by molar-refractivity contribution is -0.128. The molecule has 0 aliphatic heterocycles. The van der Waals surface area contributed by atoms with E-state index in [-0.39, 0.29) is 5.91 Å². The van der Waals surface area contributed by atoms with Crippen LogP contribution in [0.2, 0.25) is 0 Å². The summed E-state index contributed by atoms with van der Waals surface area (Å²) in [6.45, 7) is 9.74. The summed E-state index contributed by atoms with van der Waals surface area (Å²) < 4.78 is 0. The molecule has 0 bridgehead atoms. The lowest BCUT2D eigenvalue weighted by Crippen LogP contribution is -2.29. The first-order valence-electron chi connectivity index (χ1n) is 4.33. The minimum Gasteiger partial charge on any atom is -0.343 e. The highest BCUT2D eigenvalue weighted by Crippen LogP contribution is 2.01. The van der Waals surface area contributed by atoms with Crippen molar-refractivity contribution >= 4 is 5.91 Å². The number of hydrogen-bond donors (Lipinski definition) is 0. The number of rotatable bonds is 4. The van der Waals surface area contributed by atoms with E-state index in [1.54, 1.807) is 6.92 Å². The van der Waals surface area contributed by atoms with E-state index < -0.39 is 0 Å². The predicted molar refractivity (Wildman–Crippen MR) is 47.4 cm³/mol. The van der Waals surface area contributed by atoms with Gasteiger partial charge in [0.15, 0.2) is 0 Å². The zero-order valence-corrected chi connectivity index (χ0v) is 8.05. The maximum atomic E-state index is 10.9. The van der Waals surface area contributed by atoms with E-state index in [1.165, 1.54) is 0 Å². The molecule has 0 heterocycles. The van der Waals surface area contributed by atoms with Crippen molar-refractivity contribution in [2.24, 2.45) is 5.92 Å². The Morgan fingerprint density at radius 3 is 2.27 bits per heavy atom. The molecular formula is C9H19NO. The van der Waals surface area contributed by atoms with E-state index in [0.717, 1.165) is 19.5 Å². The van der Waals surface area contributed by atoms with Gasteiger partial charge in [-0.15, -0.1) is 0 Å². The molecule has 2 nitrogen and oxygen atoms in total. The Labute approximate surface area is 69.6 Å². The fourth-order valence-corrected chi connectivity index (χ4v) is 0.952. The Balaban J connectivity index is 3.61. The standard InChI is InChI=1S/C9H19NO/c1-5-10(9(4)11)7-6-8(2)3/h8H,5-7H2,1-4H3. The Morgan fingerprint density at radius 1 is 1.45 bits per heavy atom. The van der Waals surface area contributed by atoms with Crippen LogP contribution in [0, 0.1) is 5.92 Å². The summed E-state index contributed by atoms with van der Waals surface area (Å²) in [7, 11) is 0. The summed E-state index contributed by atoms with van der Waals surface area (Å²) in [5, 5.41) is 0. The van der Waals surface area contributed by atoms with Gasteiger partial charge in [-0.3, -0.25) is 4.79 Å². The van der Waals surface area contributed by atoms with Crippen LogP contribution in [0.1, 0.15) is 34.1 Å². The second kappa shape index (κ2) is 5.16. The normalized spacial score (nSPS) is 10.3. The van der Waals surface area contributed by atoms with Crippen LogP contribution in [0.4, 0.5) is 0 Å². The molecule has 0 aromatic rings. The largest absolute Gasteiger partial charge is 0.343 e. The zero-order valence-electron chi connectivity index (χ0n) is 8.05. The minimum absolute atomic E-state index is 0.188. The van der Waals surface area contributed by atoms with Crippen molar-refractivity contribution in [3.8, 4) is 0 Å².